The number of hydrogen-bond acceptors (Lipinski definition) is 3. The zero-order valence-corrected chi connectivity index (χ0v) is 17.7. The maximum absolute atomic E-state index is 5.33. The third-order valence-electron chi connectivity index (χ3n) is 4.84. The fraction of sp³-hybridized carbons (Fsp3) is 0.833. The smallest absolute Gasteiger partial charge is 0.190 e. The molecule has 0 aromatic heterocycles. The first kappa shape index (κ1) is 21.7. The Hall–Kier alpha value is -0.340. The summed E-state index contributed by atoms with van der Waals surface area (Å²) in [7, 11) is 1.84. The Morgan fingerprint density at radius 3 is 2.71 bits per heavy atom. The number of aliphatic imine (C=N–C) groups is 1. The van der Waals surface area contributed by atoms with Crippen LogP contribution in [0.2, 0.25) is 0 Å². The van der Waals surface area contributed by atoms with Crippen molar-refractivity contribution in [3.05, 3.63) is 11.6 Å². The lowest BCUT2D eigenvalue weighted by Gasteiger charge is -2.30. The first-order valence-electron chi connectivity index (χ1n) is 9.20. The average Bonchev–Trinajstić information content (AvgIpc) is 2.59. The van der Waals surface area contributed by atoms with Crippen LogP contribution in [-0.4, -0.2) is 63.8 Å². The van der Waals surface area contributed by atoms with Gasteiger partial charge in [0.15, 0.2) is 5.96 Å². The van der Waals surface area contributed by atoms with Gasteiger partial charge in [0.1, 0.15) is 0 Å². The number of ether oxygens (including phenoxy) is 1. The zero-order valence-electron chi connectivity index (χ0n) is 15.4. The van der Waals surface area contributed by atoms with Gasteiger partial charge in [0.25, 0.3) is 0 Å². The first-order chi connectivity index (χ1) is 11.3. The Balaban J connectivity index is 0.00000288. The predicted octanol–water partition coefficient (Wildman–Crippen LogP) is 2.63. The molecule has 2 N–H and O–H groups in total. The summed E-state index contributed by atoms with van der Waals surface area (Å²) < 4.78 is 5.33. The minimum absolute atomic E-state index is 0. The van der Waals surface area contributed by atoms with Gasteiger partial charge in [0.05, 0.1) is 13.2 Å². The number of halogens is 1. The van der Waals surface area contributed by atoms with Gasteiger partial charge in [-0.1, -0.05) is 18.6 Å². The van der Waals surface area contributed by atoms with Crippen LogP contribution in [0.5, 0.6) is 0 Å². The van der Waals surface area contributed by atoms with Crippen LogP contribution in [0.1, 0.15) is 39.0 Å². The number of likely N-dealkylation sites (tertiary alicyclic amines) is 1. The molecule has 0 unspecified atom stereocenters. The van der Waals surface area contributed by atoms with Gasteiger partial charge in [-0.15, -0.1) is 24.0 Å². The molecular weight excluding hydrogens is 415 g/mol. The van der Waals surface area contributed by atoms with E-state index in [9.17, 15) is 0 Å². The molecule has 6 heteroatoms. The van der Waals surface area contributed by atoms with E-state index in [0.29, 0.717) is 0 Å². The number of nitrogens with one attached hydrogen (secondary N) is 2. The van der Waals surface area contributed by atoms with Gasteiger partial charge in [-0.2, -0.15) is 0 Å². The lowest BCUT2D eigenvalue weighted by Crippen LogP contribution is -2.40. The van der Waals surface area contributed by atoms with Crippen LogP contribution in [0.4, 0.5) is 0 Å². The third-order valence-corrected chi connectivity index (χ3v) is 4.84. The van der Waals surface area contributed by atoms with Crippen LogP contribution >= 0.6 is 24.0 Å². The van der Waals surface area contributed by atoms with Gasteiger partial charge in [-0.05, 0) is 57.7 Å². The number of nitrogens with zero attached hydrogens (tertiary/aromatic N) is 2. The Morgan fingerprint density at radius 1 is 1.29 bits per heavy atom. The lowest BCUT2D eigenvalue weighted by atomic mass is 9.99. The zero-order chi connectivity index (χ0) is 16.3. The van der Waals surface area contributed by atoms with Crippen molar-refractivity contribution < 1.29 is 4.74 Å². The van der Waals surface area contributed by atoms with Crippen molar-refractivity contribution in [3.8, 4) is 0 Å². The molecule has 0 radical (unpaired) electrons. The molecule has 24 heavy (non-hydrogen) atoms. The molecule has 0 bridgehead atoms. The van der Waals surface area contributed by atoms with Gasteiger partial charge < -0.3 is 20.3 Å². The van der Waals surface area contributed by atoms with E-state index in [-0.39, 0.29) is 24.0 Å². The summed E-state index contributed by atoms with van der Waals surface area (Å²) in [4.78, 5) is 6.89. The molecule has 1 saturated heterocycles. The summed E-state index contributed by atoms with van der Waals surface area (Å²) in [5, 5.41) is 6.83. The molecule has 0 spiro atoms. The quantitative estimate of drug-likeness (QED) is 0.206. The highest BCUT2D eigenvalue weighted by Crippen LogP contribution is 2.15. The van der Waals surface area contributed by atoms with Gasteiger partial charge in [-0.3, -0.25) is 4.99 Å². The lowest BCUT2D eigenvalue weighted by molar-refractivity contribution is 0.153. The maximum atomic E-state index is 5.33. The maximum Gasteiger partial charge on any atom is 0.190 e. The van der Waals surface area contributed by atoms with Gasteiger partial charge >= 0.3 is 0 Å². The Morgan fingerprint density at radius 2 is 2.04 bits per heavy atom. The van der Waals surface area contributed by atoms with E-state index in [1.54, 1.807) is 0 Å². The van der Waals surface area contributed by atoms with Crippen molar-refractivity contribution in [2.75, 3.05) is 53.0 Å². The fourth-order valence-corrected chi connectivity index (χ4v) is 3.15. The van der Waals surface area contributed by atoms with Crippen molar-refractivity contribution >= 4 is 29.9 Å². The summed E-state index contributed by atoms with van der Waals surface area (Å²) >= 11 is 0. The standard InChI is InChI=1S/C18H34N4O.HI/c1-16-5-12-22(13-6-16)11-3-9-20-18(19-2)21-10-4-17-7-14-23-15-8-17;/h7,16H,3-6,8-15H2,1-2H3,(H2,19,20,21);1H. The Labute approximate surface area is 164 Å². The normalized spacial score (nSPS) is 20.2. The molecule has 0 aromatic carbocycles. The second-order valence-electron chi connectivity index (χ2n) is 6.74. The van der Waals surface area contributed by atoms with Crippen LogP contribution < -0.4 is 10.6 Å². The first-order valence-corrected chi connectivity index (χ1v) is 9.20. The summed E-state index contributed by atoms with van der Waals surface area (Å²) in [5.74, 6) is 1.84. The van der Waals surface area contributed by atoms with E-state index in [2.05, 4.69) is 33.5 Å². The fourth-order valence-electron chi connectivity index (χ4n) is 3.15. The van der Waals surface area contributed by atoms with E-state index in [1.165, 1.54) is 44.5 Å². The molecule has 0 amide bonds. The second-order valence-corrected chi connectivity index (χ2v) is 6.74. The summed E-state index contributed by atoms with van der Waals surface area (Å²) in [5.41, 5.74) is 1.50. The molecule has 140 valence electrons. The summed E-state index contributed by atoms with van der Waals surface area (Å²) in [6.07, 6.45) is 8.26. The highest BCUT2D eigenvalue weighted by Gasteiger charge is 2.14. The minimum atomic E-state index is 0. The van der Waals surface area contributed by atoms with Crippen LogP contribution in [-0.2, 0) is 4.74 Å². The molecule has 2 heterocycles. The summed E-state index contributed by atoms with van der Waals surface area (Å²) in [6, 6.07) is 0. The van der Waals surface area contributed by atoms with Crippen molar-refractivity contribution in [3.63, 3.8) is 0 Å². The highest BCUT2D eigenvalue weighted by molar-refractivity contribution is 14.0. The molecule has 0 atom stereocenters. The number of guanidine groups is 1. The molecule has 2 aliphatic rings. The predicted molar refractivity (Wildman–Crippen MR) is 112 cm³/mol. The topological polar surface area (TPSA) is 48.9 Å². The Bertz CT molecular complexity index is 392. The van der Waals surface area contributed by atoms with Gasteiger partial charge in [0.2, 0.25) is 0 Å². The van der Waals surface area contributed by atoms with E-state index in [1.807, 2.05) is 7.05 Å². The van der Waals surface area contributed by atoms with Crippen molar-refractivity contribution in [1.82, 2.24) is 15.5 Å². The number of piperidine rings is 1. The molecule has 0 aromatic rings. The highest BCUT2D eigenvalue weighted by atomic mass is 127. The van der Waals surface area contributed by atoms with Crippen LogP contribution in [0, 0.1) is 5.92 Å². The monoisotopic (exact) mass is 450 g/mol. The average molecular weight is 450 g/mol. The molecule has 0 saturated carbocycles. The molecular formula is C18H35IN4O. The van der Waals surface area contributed by atoms with Crippen LogP contribution in [0.15, 0.2) is 16.6 Å². The van der Waals surface area contributed by atoms with E-state index >= 15 is 0 Å². The van der Waals surface area contributed by atoms with E-state index in [4.69, 9.17) is 4.74 Å². The molecule has 2 rings (SSSR count). The third kappa shape index (κ3) is 8.67. The van der Waals surface area contributed by atoms with Gasteiger partial charge in [0, 0.05) is 20.1 Å². The number of hydrogen-bond donors (Lipinski definition) is 2. The second kappa shape index (κ2) is 12.9. The van der Waals surface area contributed by atoms with Gasteiger partial charge in [-0.25, -0.2) is 0 Å². The molecule has 5 nitrogen and oxygen atoms in total. The van der Waals surface area contributed by atoms with Crippen molar-refractivity contribution in [2.45, 2.75) is 39.0 Å². The largest absolute Gasteiger partial charge is 0.377 e. The summed E-state index contributed by atoms with van der Waals surface area (Å²) in [6.45, 7) is 9.68. The van der Waals surface area contributed by atoms with Crippen LogP contribution in [0.3, 0.4) is 0 Å². The van der Waals surface area contributed by atoms with E-state index in [0.717, 1.165) is 51.0 Å². The Kier molecular flexibility index (Phi) is 11.7. The SMILES string of the molecule is CN=C(NCCCN1CCC(C)CC1)NCCC1=CCOCC1.I. The van der Waals surface area contributed by atoms with Crippen molar-refractivity contribution in [2.24, 2.45) is 10.9 Å². The van der Waals surface area contributed by atoms with Crippen LogP contribution in [0.25, 0.3) is 0 Å². The number of rotatable bonds is 7. The van der Waals surface area contributed by atoms with Crippen molar-refractivity contribution in [1.29, 1.82) is 0 Å². The molecule has 2 aliphatic heterocycles. The molecule has 1 fully saturated rings. The van der Waals surface area contributed by atoms with E-state index < -0.39 is 0 Å². The minimum Gasteiger partial charge on any atom is -0.377 e. The molecule has 0 aliphatic carbocycles.